The van der Waals surface area contributed by atoms with Crippen molar-refractivity contribution in [1.82, 2.24) is 0 Å². The minimum Gasteiger partial charge on any atom is -0.311 e. The molecule has 64 heavy (non-hydrogen) atoms. The Morgan fingerprint density at radius 3 is 0.812 bits per heavy atom. The fourth-order valence-corrected chi connectivity index (χ4v) is 8.66. The summed E-state index contributed by atoms with van der Waals surface area (Å²) in [5.74, 6) is 0. The van der Waals surface area contributed by atoms with E-state index in [0.29, 0.717) is 0 Å². The summed E-state index contributed by atoms with van der Waals surface area (Å²) < 4.78 is 0. The molecular weight excluding hydrogens is 773 g/mol. The fourth-order valence-electron chi connectivity index (χ4n) is 8.66. The first-order chi connectivity index (χ1) is 31.7. The summed E-state index contributed by atoms with van der Waals surface area (Å²) in [6.45, 7) is 0. The van der Waals surface area contributed by atoms with Crippen molar-refractivity contribution in [2.24, 2.45) is 0 Å². The van der Waals surface area contributed by atoms with Gasteiger partial charge in [-0.3, -0.25) is 0 Å². The van der Waals surface area contributed by atoms with E-state index in [1.807, 2.05) is 0 Å². The van der Waals surface area contributed by atoms with E-state index in [2.05, 4.69) is 265 Å². The highest BCUT2D eigenvalue weighted by molar-refractivity contribution is 5.79. The Bertz CT molecular complexity index is 2750. The molecule has 0 bridgehead atoms. The molecular formula is C62H50N2. The highest BCUT2D eigenvalue weighted by Crippen LogP contribution is 2.37. The van der Waals surface area contributed by atoms with E-state index in [1.54, 1.807) is 0 Å². The van der Waals surface area contributed by atoms with E-state index < -0.39 is 0 Å². The third-order valence-corrected chi connectivity index (χ3v) is 12.1. The molecule has 0 unspecified atom stereocenters. The van der Waals surface area contributed by atoms with Crippen LogP contribution < -0.4 is 9.80 Å². The molecule has 0 aromatic heterocycles. The van der Waals surface area contributed by atoms with Gasteiger partial charge in [0, 0.05) is 34.1 Å². The monoisotopic (exact) mass is 822 g/mol. The summed E-state index contributed by atoms with van der Waals surface area (Å²) in [4.78, 5) is 4.73. The molecule has 0 aliphatic heterocycles. The predicted octanol–water partition coefficient (Wildman–Crippen LogP) is 17.3. The van der Waals surface area contributed by atoms with Crippen LogP contribution in [0.4, 0.5) is 22.7 Å². The molecule has 0 saturated heterocycles. The molecule has 0 radical (unpaired) electrons. The average Bonchev–Trinajstić information content (AvgIpc) is 3.38. The molecule has 0 fully saturated rings. The van der Waals surface area contributed by atoms with Gasteiger partial charge in [-0.2, -0.15) is 0 Å². The summed E-state index contributed by atoms with van der Waals surface area (Å²) in [5.41, 5.74) is 19.0. The molecule has 0 saturated carbocycles. The molecule has 8 aromatic carbocycles. The number of hydrogen-bond donors (Lipinski definition) is 0. The van der Waals surface area contributed by atoms with Gasteiger partial charge in [0.2, 0.25) is 0 Å². The Hall–Kier alpha value is -7.94. The van der Waals surface area contributed by atoms with Gasteiger partial charge in [0.1, 0.15) is 0 Å². The van der Waals surface area contributed by atoms with Crippen LogP contribution in [-0.4, -0.2) is 0 Å². The lowest BCUT2D eigenvalue weighted by molar-refractivity contribution is 0.997. The summed E-state index contributed by atoms with van der Waals surface area (Å²) in [6.07, 6.45) is 22.4. The third kappa shape index (κ3) is 9.14. The maximum Gasteiger partial charge on any atom is 0.0461 e. The lowest BCUT2D eigenvalue weighted by Crippen LogP contribution is -2.16. The Kier molecular flexibility index (Phi) is 11.9. The largest absolute Gasteiger partial charge is 0.311 e. The second-order valence-electron chi connectivity index (χ2n) is 16.4. The topological polar surface area (TPSA) is 6.48 Å². The van der Waals surface area contributed by atoms with E-state index in [-0.39, 0.29) is 0 Å². The first kappa shape index (κ1) is 40.2. The minimum absolute atomic E-state index is 1.04. The molecule has 2 aliphatic carbocycles. The van der Waals surface area contributed by atoms with E-state index in [0.717, 1.165) is 59.6 Å². The Balaban J connectivity index is 0.841. The van der Waals surface area contributed by atoms with E-state index >= 15 is 0 Å². The van der Waals surface area contributed by atoms with Gasteiger partial charge in [-0.1, -0.05) is 194 Å². The molecule has 0 atom stereocenters. The highest BCUT2D eigenvalue weighted by Gasteiger charge is 2.17. The first-order valence-electron chi connectivity index (χ1n) is 22.5. The second-order valence-corrected chi connectivity index (χ2v) is 16.4. The maximum atomic E-state index is 2.36. The van der Waals surface area contributed by atoms with Crippen LogP contribution in [0, 0.1) is 0 Å². The number of benzene rings is 8. The number of nitrogens with zero attached hydrogens (tertiary/aromatic N) is 2. The van der Waals surface area contributed by atoms with Crippen LogP contribution in [0.1, 0.15) is 36.8 Å². The molecule has 2 aliphatic rings. The van der Waals surface area contributed by atoms with Crippen LogP contribution in [0.15, 0.2) is 254 Å². The highest BCUT2D eigenvalue weighted by atomic mass is 15.2. The van der Waals surface area contributed by atoms with Gasteiger partial charge in [-0.15, -0.1) is 0 Å². The zero-order valence-corrected chi connectivity index (χ0v) is 36.0. The second kappa shape index (κ2) is 19.0. The molecule has 0 amide bonds. The van der Waals surface area contributed by atoms with Crippen molar-refractivity contribution in [3.05, 3.63) is 265 Å². The number of hydrogen-bond acceptors (Lipinski definition) is 2. The van der Waals surface area contributed by atoms with Gasteiger partial charge < -0.3 is 9.80 Å². The van der Waals surface area contributed by atoms with Crippen LogP contribution in [0.25, 0.3) is 56.7 Å². The lowest BCUT2D eigenvalue weighted by Gasteiger charge is -2.28. The van der Waals surface area contributed by atoms with E-state index in [4.69, 9.17) is 0 Å². The summed E-state index contributed by atoms with van der Waals surface area (Å²) in [6, 6.07) is 74.5. The minimum atomic E-state index is 1.04. The van der Waals surface area contributed by atoms with Crippen molar-refractivity contribution < 1.29 is 0 Å². The van der Waals surface area contributed by atoms with Crippen LogP contribution in [0.5, 0.6) is 0 Å². The van der Waals surface area contributed by atoms with Gasteiger partial charge in [0.15, 0.2) is 0 Å². The van der Waals surface area contributed by atoms with Crippen LogP contribution in [0.3, 0.4) is 0 Å². The third-order valence-electron chi connectivity index (χ3n) is 12.1. The van der Waals surface area contributed by atoms with Crippen LogP contribution in [0.2, 0.25) is 0 Å². The number of anilines is 4. The number of allylic oxidation sites excluding steroid dienone is 6. The summed E-state index contributed by atoms with van der Waals surface area (Å²) >= 11 is 0. The smallest absolute Gasteiger partial charge is 0.0461 e. The predicted molar refractivity (Wildman–Crippen MR) is 274 cm³/mol. The summed E-state index contributed by atoms with van der Waals surface area (Å²) in [5, 5.41) is 0. The Morgan fingerprint density at radius 2 is 0.531 bits per heavy atom. The van der Waals surface area contributed by atoms with Gasteiger partial charge in [-0.25, -0.2) is 0 Å². The SMILES string of the molecule is C1=CC(N(c2ccc(C=Cc3ccc(N(C4=CCCC=C4)c4ccc(-c5ccc(-c6ccccc6)cc5)cc4)cc3)cc2)c2ccc(-c3ccc(-c4ccccc4)cc3)cc2)=CCC1. The van der Waals surface area contributed by atoms with E-state index in [9.17, 15) is 0 Å². The van der Waals surface area contributed by atoms with Crippen molar-refractivity contribution >= 4 is 34.9 Å². The van der Waals surface area contributed by atoms with Crippen molar-refractivity contribution in [1.29, 1.82) is 0 Å². The summed E-state index contributed by atoms with van der Waals surface area (Å²) in [7, 11) is 0. The zero-order valence-electron chi connectivity index (χ0n) is 36.0. The normalized spacial score (nSPS) is 13.4. The van der Waals surface area contributed by atoms with Crippen molar-refractivity contribution in [2.45, 2.75) is 25.7 Å². The molecule has 8 aromatic rings. The van der Waals surface area contributed by atoms with Crippen molar-refractivity contribution in [3.8, 4) is 44.5 Å². The van der Waals surface area contributed by atoms with Crippen LogP contribution in [-0.2, 0) is 0 Å². The maximum absolute atomic E-state index is 2.36. The van der Waals surface area contributed by atoms with Crippen molar-refractivity contribution in [3.63, 3.8) is 0 Å². The molecule has 0 spiro atoms. The Labute approximate surface area is 378 Å². The standard InChI is InChI=1S/C62H50N2/c1-5-13-49(14-6-1)51-27-31-53(32-28-51)55-35-43-61(44-36-55)63(57-17-9-3-10-18-57)59-39-23-47(24-40-59)21-22-48-25-41-60(42-26-48)64(58-19-11-4-12-20-58)62-45-37-56(38-46-62)54-33-29-52(30-34-54)50-15-7-2-8-16-50/h1-2,5-9,11,13-46H,3-4,10,12H2. The molecule has 2 nitrogen and oxygen atoms in total. The van der Waals surface area contributed by atoms with E-state index in [1.165, 1.54) is 55.9 Å². The average molecular weight is 823 g/mol. The van der Waals surface area contributed by atoms with Crippen LogP contribution >= 0.6 is 0 Å². The lowest BCUT2D eigenvalue weighted by atomic mass is 10.00. The number of rotatable bonds is 12. The van der Waals surface area contributed by atoms with Gasteiger partial charge in [-0.05, 0) is 142 Å². The molecule has 0 heterocycles. The molecule has 308 valence electrons. The molecule has 10 rings (SSSR count). The molecule has 2 heteroatoms. The molecule has 0 N–H and O–H groups in total. The van der Waals surface area contributed by atoms with Gasteiger partial charge in [0.05, 0.1) is 0 Å². The zero-order chi connectivity index (χ0) is 42.9. The van der Waals surface area contributed by atoms with Gasteiger partial charge >= 0.3 is 0 Å². The quantitative estimate of drug-likeness (QED) is 0.113. The Morgan fingerprint density at radius 1 is 0.266 bits per heavy atom. The first-order valence-corrected chi connectivity index (χ1v) is 22.5. The van der Waals surface area contributed by atoms with Gasteiger partial charge in [0.25, 0.3) is 0 Å². The van der Waals surface area contributed by atoms with Crippen molar-refractivity contribution in [2.75, 3.05) is 9.80 Å². The fraction of sp³-hybridized carbons (Fsp3) is 0.0645.